The van der Waals surface area contributed by atoms with Crippen molar-refractivity contribution in [1.29, 1.82) is 0 Å². The maximum Gasteiger partial charge on any atom is 0.291 e. The third-order valence-electron chi connectivity index (χ3n) is 6.33. The summed E-state index contributed by atoms with van der Waals surface area (Å²) < 4.78 is 5.19. The van der Waals surface area contributed by atoms with Crippen LogP contribution in [0.5, 0.6) is 5.88 Å². The van der Waals surface area contributed by atoms with Gasteiger partial charge in [-0.1, -0.05) is 30.0 Å². The Balaban J connectivity index is 1.35. The van der Waals surface area contributed by atoms with Gasteiger partial charge in [-0.25, -0.2) is 0 Å². The molecule has 2 N–H and O–H groups in total. The van der Waals surface area contributed by atoms with Crippen LogP contribution in [0.15, 0.2) is 44.6 Å². The van der Waals surface area contributed by atoms with Crippen LogP contribution in [0.3, 0.4) is 0 Å². The number of hydrogen-bond acceptors (Lipinski definition) is 5. The quantitative estimate of drug-likeness (QED) is 0.848. The van der Waals surface area contributed by atoms with Crippen molar-refractivity contribution in [3.63, 3.8) is 0 Å². The molecule has 4 aliphatic carbocycles. The summed E-state index contributed by atoms with van der Waals surface area (Å²) in [6.07, 6.45) is 6.36. The van der Waals surface area contributed by atoms with E-state index in [9.17, 15) is 9.90 Å². The fourth-order valence-corrected chi connectivity index (χ4v) is 6.37. The highest BCUT2D eigenvalue weighted by Crippen LogP contribution is 2.53. The summed E-state index contributed by atoms with van der Waals surface area (Å²) in [5.41, 5.74) is 0. The second-order valence-electron chi connectivity index (χ2n) is 8.01. The summed E-state index contributed by atoms with van der Waals surface area (Å²) >= 11 is 1.30. The molecule has 1 amide bonds. The molecule has 1 heterocycles. The summed E-state index contributed by atoms with van der Waals surface area (Å²) in [4.78, 5) is 14.2. The zero-order valence-corrected chi connectivity index (χ0v) is 15.2. The highest BCUT2D eigenvalue weighted by molar-refractivity contribution is 7.99. The third kappa shape index (κ3) is 2.80. The van der Waals surface area contributed by atoms with E-state index in [1.807, 2.05) is 30.3 Å². The summed E-state index contributed by atoms with van der Waals surface area (Å²) in [5.74, 6) is 2.55. The fraction of sp³-hybridized carbons (Fsp3) is 0.500. The minimum atomic E-state index is -0.256. The number of carbonyl (C=O) groups excluding carboxylic acids is 1. The lowest BCUT2D eigenvalue weighted by molar-refractivity contribution is -0.0124. The Morgan fingerprint density at radius 1 is 1.08 bits per heavy atom. The van der Waals surface area contributed by atoms with Gasteiger partial charge in [-0.2, -0.15) is 0 Å². The first kappa shape index (κ1) is 16.2. The fourth-order valence-electron chi connectivity index (χ4n) is 5.49. The van der Waals surface area contributed by atoms with E-state index in [0.29, 0.717) is 16.7 Å². The molecular formula is C20H22N2O3S. The van der Waals surface area contributed by atoms with Gasteiger partial charge in [0.05, 0.1) is 0 Å². The lowest BCUT2D eigenvalue weighted by Crippen LogP contribution is -2.55. The van der Waals surface area contributed by atoms with Gasteiger partial charge < -0.3 is 14.9 Å². The molecule has 6 heteroatoms. The van der Waals surface area contributed by atoms with Crippen molar-refractivity contribution in [3.8, 4) is 5.88 Å². The zero-order valence-electron chi connectivity index (χ0n) is 14.4. The Hall–Kier alpha value is -1.95. The number of amides is 1. The van der Waals surface area contributed by atoms with Crippen molar-refractivity contribution < 1.29 is 14.4 Å². The molecule has 6 rings (SSSR count). The normalized spacial score (nSPS) is 31.9. The molecule has 0 spiro atoms. The van der Waals surface area contributed by atoms with Crippen molar-refractivity contribution in [1.82, 2.24) is 10.5 Å². The van der Waals surface area contributed by atoms with Crippen LogP contribution < -0.4 is 5.32 Å². The number of aromatic hydroxyl groups is 1. The smallest absolute Gasteiger partial charge is 0.291 e. The van der Waals surface area contributed by atoms with Gasteiger partial charge in [0.2, 0.25) is 5.76 Å². The molecule has 0 saturated heterocycles. The van der Waals surface area contributed by atoms with Crippen LogP contribution in [-0.4, -0.2) is 22.2 Å². The molecule has 0 aliphatic heterocycles. The summed E-state index contributed by atoms with van der Waals surface area (Å²) in [5, 5.41) is 16.9. The largest absolute Gasteiger partial charge is 0.490 e. The molecule has 0 unspecified atom stereocenters. The van der Waals surface area contributed by atoms with Gasteiger partial charge in [0.1, 0.15) is 4.90 Å². The van der Waals surface area contributed by atoms with Crippen LogP contribution in [0.1, 0.15) is 42.7 Å². The van der Waals surface area contributed by atoms with E-state index in [0.717, 1.165) is 16.7 Å². The first-order valence-electron chi connectivity index (χ1n) is 9.39. The summed E-state index contributed by atoms with van der Waals surface area (Å²) in [7, 11) is 0. The van der Waals surface area contributed by atoms with Crippen molar-refractivity contribution in [2.24, 2.45) is 23.7 Å². The monoisotopic (exact) mass is 370 g/mol. The molecule has 4 bridgehead atoms. The molecule has 4 saturated carbocycles. The topological polar surface area (TPSA) is 75.4 Å². The number of nitrogens with one attached hydrogen (secondary N) is 1. The second-order valence-corrected chi connectivity index (χ2v) is 9.09. The highest BCUT2D eigenvalue weighted by Gasteiger charge is 2.49. The Morgan fingerprint density at radius 2 is 1.73 bits per heavy atom. The zero-order chi connectivity index (χ0) is 17.7. The van der Waals surface area contributed by atoms with Gasteiger partial charge in [-0.15, -0.1) is 0 Å². The Labute approximate surface area is 156 Å². The molecule has 136 valence electrons. The number of carbonyl (C=O) groups is 1. The SMILES string of the molecule is O=C(NC1C2CC3CC(C2)CC1C3)c1onc(O)c1Sc1ccccc1. The Bertz CT molecular complexity index is 792. The van der Waals surface area contributed by atoms with Crippen LogP contribution in [0.2, 0.25) is 0 Å². The van der Waals surface area contributed by atoms with E-state index in [1.54, 1.807) is 0 Å². The molecular weight excluding hydrogens is 348 g/mol. The van der Waals surface area contributed by atoms with E-state index in [2.05, 4.69) is 10.5 Å². The molecule has 1 aromatic heterocycles. The third-order valence-corrected chi connectivity index (χ3v) is 7.41. The van der Waals surface area contributed by atoms with Gasteiger partial charge in [0.25, 0.3) is 11.8 Å². The van der Waals surface area contributed by atoms with Crippen molar-refractivity contribution in [3.05, 3.63) is 36.1 Å². The number of benzene rings is 1. The number of nitrogens with zero attached hydrogens (tertiary/aromatic N) is 1. The second kappa shape index (κ2) is 6.34. The molecule has 0 atom stereocenters. The first-order valence-corrected chi connectivity index (χ1v) is 10.2. The molecule has 5 nitrogen and oxygen atoms in total. The molecule has 1 aromatic carbocycles. The van der Waals surface area contributed by atoms with Crippen LogP contribution in [0.25, 0.3) is 0 Å². The first-order chi connectivity index (χ1) is 12.7. The molecule has 2 aromatic rings. The minimum Gasteiger partial charge on any atom is -0.490 e. The number of aromatic nitrogens is 1. The Kier molecular flexibility index (Phi) is 3.96. The van der Waals surface area contributed by atoms with Gasteiger partial charge >= 0.3 is 0 Å². The highest BCUT2D eigenvalue weighted by atomic mass is 32.2. The van der Waals surface area contributed by atoms with E-state index in [-0.39, 0.29) is 23.6 Å². The summed E-state index contributed by atoms with van der Waals surface area (Å²) in [6.45, 7) is 0. The maximum absolute atomic E-state index is 12.9. The van der Waals surface area contributed by atoms with Crippen LogP contribution in [0, 0.1) is 23.7 Å². The molecule has 26 heavy (non-hydrogen) atoms. The average Bonchev–Trinajstić information content (AvgIpc) is 2.99. The van der Waals surface area contributed by atoms with E-state index < -0.39 is 0 Å². The van der Waals surface area contributed by atoms with Gasteiger partial charge in [-0.3, -0.25) is 4.79 Å². The molecule has 4 aliphatic rings. The van der Waals surface area contributed by atoms with Crippen molar-refractivity contribution >= 4 is 17.7 Å². The van der Waals surface area contributed by atoms with Gasteiger partial charge in [-0.05, 0) is 73.1 Å². The van der Waals surface area contributed by atoms with E-state index >= 15 is 0 Å². The van der Waals surface area contributed by atoms with Crippen LogP contribution >= 0.6 is 11.8 Å². The van der Waals surface area contributed by atoms with E-state index in [1.165, 1.54) is 43.9 Å². The lowest BCUT2D eigenvalue weighted by Gasteiger charge is -2.54. The minimum absolute atomic E-state index is 0.116. The summed E-state index contributed by atoms with van der Waals surface area (Å²) in [6, 6.07) is 9.85. The standard InChI is InChI=1S/C20H22N2O3S/c23-19(21-16-13-7-11-6-12(9-13)10-14(16)8-11)17-18(20(24)22-25-17)26-15-4-2-1-3-5-15/h1-5,11-14,16H,6-10H2,(H,21,23)(H,22,24). The predicted octanol–water partition coefficient (Wildman–Crippen LogP) is 4.09. The van der Waals surface area contributed by atoms with E-state index in [4.69, 9.17) is 4.52 Å². The van der Waals surface area contributed by atoms with Crippen LogP contribution in [-0.2, 0) is 0 Å². The predicted molar refractivity (Wildman–Crippen MR) is 97.0 cm³/mol. The number of rotatable bonds is 4. The maximum atomic E-state index is 12.9. The average molecular weight is 370 g/mol. The van der Waals surface area contributed by atoms with Gasteiger partial charge in [0, 0.05) is 10.9 Å². The van der Waals surface area contributed by atoms with Crippen molar-refractivity contribution in [2.75, 3.05) is 0 Å². The van der Waals surface area contributed by atoms with Crippen molar-refractivity contribution in [2.45, 2.75) is 47.9 Å². The molecule has 0 radical (unpaired) electrons. The van der Waals surface area contributed by atoms with Crippen LogP contribution in [0.4, 0.5) is 0 Å². The van der Waals surface area contributed by atoms with Gasteiger partial charge in [0.15, 0.2) is 0 Å². The number of hydrogen-bond donors (Lipinski definition) is 2. The molecule has 4 fully saturated rings. The Morgan fingerprint density at radius 3 is 2.38 bits per heavy atom. The lowest BCUT2D eigenvalue weighted by atomic mass is 9.54.